The number of nitrogens with one attached hydrogen (secondary N) is 2. The quantitative estimate of drug-likeness (QED) is 0.299. The Bertz CT molecular complexity index is 1010. The maximum Gasteiger partial charge on any atom is 0.408 e. The van der Waals surface area contributed by atoms with Gasteiger partial charge in [-0.15, -0.1) is 0 Å². The van der Waals surface area contributed by atoms with Gasteiger partial charge in [-0.3, -0.25) is 19.2 Å². The molecule has 7 amide bonds. The number of likely N-dealkylation sites (N-methyl/N-ethyl adjacent to an activating group) is 2. The molecule has 1 aromatic rings. The minimum absolute atomic E-state index is 0.00659. The number of imide groups is 1. The van der Waals surface area contributed by atoms with Crippen molar-refractivity contribution in [2.75, 3.05) is 20.1 Å². The molecule has 1 aromatic carbocycles. The molecule has 0 unspecified atom stereocenters. The zero-order valence-electron chi connectivity index (χ0n) is 21.6. The van der Waals surface area contributed by atoms with Crippen molar-refractivity contribution >= 4 is 35.8 Å². The molecule has 0 saturated heterocycles. The van der Waals surface area contributed by atoms with Crippen LogP contribution in [0.2, 0.25) is 0 Å². The molecular weight excluding hydrogens is 484 g/mol. The van der Waals surface area contributed by atoms with E-state index in [1.54, 1.807) is 38.1 Å². The zero-order valence-corrected chi connectivity index (χ0v) is 21.6. The molecule has 0 heterocycles. The normalized spacial score (nSPS) is 12.1. The second-order valence-corrected chi connectivity index (χ2v) is 7.85. The van der Waals surface area contributed by atoms with Crippen LogP contribution in [0.15, 0.2) is 42.5 Å². The molecule has 0 radical (unpaired) electrons. The fourth-order valence-corrected chi connectivity index (χ4v) is 3.04. The Morgan fingerprint density at radius 2 is 1.49 bits per heavy atom. The van der Waals surface area contributed by atoms with Crippen molar-refractivity contribution < 1.29 is 33.5 Å². The van der Waals surface area contributed by atoms with Gasteiger partial charge in [0.05, 0.1) is 0 Å². The number of rotatable bonds is 10. The molecule has 0 fully saturated rings. The molecule has 0 aromatic heterocycles. The maximum absolute atomic E-state index is 12.8. The van der Waals surface area contributed by atoms with Gasteiger partial charge in [-0.25, -0.2) is 14.6 Å². The van der Waals surface area contributed by atoms with Crippen LogP contribution in [-0.2, 0) is 30.5 Å². The Labute approximate surface area is 215 Å². The monoisotopic (exact) mass is 518 g/mol. The summed E-state index contributed by atoms with van der Waals surface area (Å²) in [5.41, 5.74) is 6.03. The highest BCUT2D eigenvalue weighted by molar-refractivity contribution is 6.04. The third-order valence-electron chi connectivity index (χ3n) is 5.15. The van der Waals surface area contributed by atoms with Gasteiger partial charge in [-0.1, -0.05) is 30.3 Å². The SMILES string of the molecule is CCN(CC)C(=O)/C=C/C(=O)N(C(N)=O)N(C)C(=O)[C@H](C)NC(=O)[C@H](C)NC(=O)OCc1ccccc1. The van der Waals surface area contributed by atoms with Crippen LogP contribution >= 0.6 is 0 Å². The van der Waals surface area contributed by atoms with E-state index in [-0.39, 0.29) is 6.61 Å². The summed E-state index contributed by atoms with van der Waals surface area (Å²) in [5.74, 6) is -3.06. The van der Waals surface area contributed by atoms with Crippen LogP contribution in [-0.4, -0.2) is 82.9 Å². The molecule has 4 N–H and O–H groups in total. The fraction of sp³-hybridized carbons (Fsp3) is 0.417. The summed E-state index contributed by atoms with van der Waals surface area (Å²) in [7, 11) is 1.11. The summed E-state index contributed by atoms with van der Waals surface area (Å²) >= 11 is 0. The Balaban J connectivity index is 2.71. The lowest BCUT2D eigenvalue weighted by Gasteiger charge is -2.30. The zero-order chi connectivity index (χ0) is 28.1. The van der Waals surface area contributed by atoms with Crippen molar-refractivity contribution in [3.8, 4) is 0 Å². The number of urea groups is 1. The molecule has 0 spiro atoms. The predicted molar refractivity (Wildman–Crippen MR) is 133 cm³/mol. The lowest BCUT2D eigenvalue weighted by atomic mass is 10.2. The lowest BCUT2D eigenvalue weighted by Crippen LogP contribution is -2.58. The molecule has 2 atom stereocenters. The largest absolute Gasteiger partial charge is 0.445 e. The van der Waals surface area contributed by atoms with Gasteiger partial charge in [0.25, 0.3) is 11.8 Å². The maximum atomic E-state index is 12.8. The molecule has 37 heavy (non-hydrogen) atoms. The number of benzene rings is 1. The van der Waals surface area contributed by atoms with E-state index in [2.05, 4.69) is 10.6 Å². The number of alkyl carbamates (subject to hydrolysis) is 1. The van der Waals surface area contributed by atoms with E-state index in [0.29, 0.717) is 23.1 Å². The number of ether oxygens (including phenoxy) is 1. The van der Waals surface area contributed by atoms with Gasteiger partial charge in [0.15, 0.2) is 0 Å². The molecule has 0 saturated carbocycles. The van der Waals surface area contributed by atoms with Gasteiger partial charge in [-0.05, 0) is 33.3 Å². The Morgan fingerprint density at radius 1 is 0.919 bits per heavy atom. The highest BCUT2D eigenvalue weighted by atomic mass is 16.5. The van der Waals surface area contributed by atoms with Crippen LogP contribution in [0.1, 0.15) is 33.3 Å². The van der Waals surface area contributed by atoms with Crippen LogP contribution in [0.3, 0.4) is 0 Å². The first-order valence-corrected chi connectivity index (χ1v) is 11.6. The Morgan fingerprint density at radius 3 is 2.03 bits per heavy atom. The van der Waals surface area contributed by atoms with E-state index in [4.69, 9.17) is 10.5 Å². The number of amides is 7. The van der Waals surface area contributed by atoms with Crippen molar-refractivity contribution in [3.05, 3.63) is 48.0 Å². The van der Waals surface area contributed by atoms with Crippen molar-refractivity contribution in [1.29, 1.82) is 0 Å². The summed E-state index contributed by atoms with van der Waals surface area (Å²) in [6, 6.07) is 5.39. The third-order valence-corrected chi connectivity index (χ3v) is 5.15. The molecule has 0 aliphatic heterocycles. The second-order valence-electron chi connectivity index (χ2n) is 7.85. The molecule has 13 nitrogen and oxygen atoms in total. The number of carbonyl (C=O) groups excluding carboxylic acids is 6. The van der Waals surface area contributed by atoms with E-state index in [1.165, 1.54) is 18.7 Å². The van der Waals surface area contributed by atoms with Gasteiger partial charge in [0, 0.05) is 32.3 Å². The summed E-state index contributed by atoms with van der Waals surface area (Å²) < 4.78 is 5.06. The number of primary amides is 1. The van der Waals surface area contributed by atoms with Gasteiger partial charge in [0.2, 0.25) is 11.8 Å². The van der Waals surface area contributed by atoms with Crippen molar-refractivity contribution in [2.45, 2.75) is 46.4 Å². The van der Waals surface area contributed by atoms with Gasteiger partial charge in [0.1, 0.15) is 18.7 Å². The summed E-state index contributed by atoms with van der Waals surface area (Å²) in [6.45, 7) is 7.07. The predicted octanol–water partition coefficient (Wildman–Crippen LogP) is 0.511. The molecule has 0 aliphatic rings. The number of hydrogen-bond donors (Lipinski definition) is 3. The first-order chi connectivity index (χ1) is 17.4. The number of nitrogens with zero attached hydrogens (tertiary/aromatic N) is 3. The highest BCUT2D eigenvalue weighted by Gasteiger charge is 2.30. The van der Waals surface area contributed by atoms with Crippen molar-refractivity contribution in [3.63, 3.8) is 0 Å². The van der Waals surface area contributed by atoms with E-state index in [1.807, 2.05) is 6.07 Å². The molecule has 0 bridgehead atoms. The van der Waals surface area contributed by atoms with Crippen molar-refractivity contribution in [1.82, 2.24) is 25.6 Å². The first kappa shape index (κ1) is 30.6. The van der Waals surface area contributed by atoms with E-state index >= 15 is 0 Å². The standard InChI is InChI=1S/C24H34N6O7/c1-6-29(7-2)19(31)13-14-20(32)30(23(25)35)28(5)22(34)17(4)26-21(33)16(3)27-24(36)37-15-18-11-9-8-10-12-18/h8-14,16-17H,6-7,15H2,1-5H3,(H2,25,35)(H,26,33)(H,27,36)/b14-13+/t16-,17-/m0/s1. The average molecular weight is 519 g/mol. The lowest BCUT2D eigenvalue weighted by molar-refractivity contribution is -0.153. The van der Waals surface area contributed by atoms with Crippen LogP contribution in [0.5, 0.6) is 0 Å². The third kappa shape index (κ3) is 9.63. The van der Waals surface area contributed by atoms with E-state index < -0.39 is 47.8 Å². The molecule has 202 valence electrons. The van der Waals surface area contributed by atoms with Gasteiger partial charge >= 0.3 is 12.1 Å². The minimum atomic E-state index is -1.27. The average Bonchev–Trinajstić information content (AvgIpc) is 2.86. The number of hydrazine groups is 1. The molecule has 1 rings (SSSR count). The highest BCUT2D eigenvalue weighted by Crippen LogP contribution is 2.04. The topological polar surface area (TPSA) is 171 Å². The number of carbonyl (C=O) groups is 6. The first-order valence-electron chi connectivity index (χ1n) is 11.6. The van der Waals surface area contributed by atoms with Crippen LogP contribution in [0.25, 0.3) is 0 Å². The van der Waals surface area contributed by atoms with Crippen LogP contribution in [0, 0.1) is 0 Å². The molecule has 13 heteroatoms. The Hall–Kier alpha value is -4.42. The fourth-order valence-electron chi connectivity index (χ4n) is 3.04. The van der Waals surface area contributed by atoms with Crippen LogP contribution < -0.4 is 16.4 Å². The van der Waals surface area contributed by atoms with E-state index in [9.17, 15) is 28.8 Å². The molecule has 0 aliphatic carbocycles. The summed E-state index contributed by atoms with van der Waals surface area (Å²) in [5, 5.41) is 5.70. The summed E-state index contributed by atoms with van der Waals surface area (Å²) in [6.07, 6.45) is 0.962. The summed E-state index contributed by atoms with van der Waals surface area (Å²) in [4.78, 5) is 75.1. The Kier molecular flexibility index (Phi) is 12.3. The number of hydrogen-bond acceptors (Lipinski definition) is 7. The van der Waals surface area contributed by atoms with Crippen molar-refractivity contribution in [2.24, 2.45) is 5.73 Å². The van der Waals surface area contributed by atoms with E-state index in [0.717, 1.165) is 24.8 Å². The van der Waals surface area contributed by atoms with Gasteiger partial charge in [-0.2, -0.15) is 5.01 Å². The molecular formula is C24H34N6O7. The second kappa shape index (κ2) is 14.9. The minimum Gasteiger partial charge on any atom is -0.445 e. The van der Waals surface area contributed by atoms with Crippen LogP contribution in [0.4, 0.5) is 9.59 Å². The van der Waals surface area contributed by atoms with Gasteiger partial charge < -0.3 is 26.0 Å². The smallest absolute Gasteiger partial charge is 0.408 e. The number of nitrogens with two attached hydrogens (primary N) is 1.